The van der Waals surface area contributed by atoms with E-state index in [0.29, 0.717) is 4.88 Å². The minimum atomic E-state index is -1.77. The fraction of sp³-hybridized carbons (Fsp3) is 0.556. The van der Waals surface area contributed by atoms with E-state index in [1.165, 1.54) is 12.4 Å². The zero-order valence-corrected chi connectivity index (χ0v) is 10.6. The molecule has 0 aliphatic carbocycles. The van der Waals surface area contributed by atoms with Gasteiger partial charge in [0.2, 0.25) is 0 Å². The lowest BCUT2D eigenvalue weighted by atomic mass is 9.99. The highest BCUT2D eigenvalue weighted by Gasteiger charge is 2.48. The molecule has 1 fully saturated rings. The number of hydrogen-bond acceptors (Lipinski definition) is 10. The lowest BCUT2D eigenvalue weighted by Gasteiger charge is -2.36. The number of ether oxygens (including phenoxy) is 1. The summed E-state index contributed by atoms with van der Waals surface area (Å²) in [5.41, 5.74) is 0. The molecule has 110 valence electrons. The largest absolute Gasteiger partial charge is 0.479 e. The highest BCUT2D eigenvalue weighted by molar-refractivity contribution is 7.07. The molecule has 4 N–H and O–H groups in total. The second-order valence-electron chi connectivity index (χ2n) is 3.89. The third-order valence-electron chi connectivity index (χ3n) is 2.54. The summed E-state index contributed by atoms with van der Waals surface area (Å²) in [6, 6.07) is 0. The van der Waals surface area contributed by atoms with Crippen molar-refractivity contribution in [3.05, 3.63) is 11.1 Å². The van der Waals surface area contributed by atoms with Crippen LogP contribution in [0.1, 0.15) is 4.88 Å². The molecule has 2 rings (SSSR count). The van der Waals surface area contributed by atoms with Gasteiger partial charge < -0.3 is 30.0 Å². The van der Waals surface area contributed by atoms with E-state index in [1.807, 2.05) is 0 Å². The first-order chi connectivity index (χ1) is 9.50. The third kappa shape index (κ3) is 3.08. The van der Waals surface area contributed by atoms with E-state index in [2.05, 4.69) is 14.7 Å². The van der Waals surface area contributed by atoms with Gasteiger partial charge in [-0.3, -0.25) is 0 Å². The zero-order valence-electron chi connectivity index (χ0n) is 9.80. The van der Waals surface area contributed by atoms with Crippen LogP contribution in [0.25, 0.3) is 0 Å². The van der Waals surface area contributed by atoms with E-state index in [4.69, 9.17) is 14.7 Å². The molecule has 0 saturated carbocycles. The Morgan fingerprint density at radius 3 is 2.75 bits per heavy atom. The Morgan fingerprint density at radius 1 is 1.40 bits per heavy atom. The Bertz CT molecular complexity index is 482. The molecule has 10 nitrogen and oxygen atoms in total. The number of carbonyl (C=O) groups is 1. The highest BCUT2D eigenvalue weighted by atomic mass is 32.1. The Hall–Kier alpha value is -1.66. The van der Waals surface area contributed by atoms with Crippen LogP contribution >= 0.6 is 11.5 Å². The second kappa shape index (κ2) is 6.19. The van der Waals surface area contributed by atoms with E-state index in [9.17, 15) is 20.1 Å². The number of aliphatic hydroxyl groups excluding tert-OH is 3. The van der Waals surface area contributed by atoms with Gasteiger partial charge in [-0.25, -0.2) is 4.79 Å². The van der Waals surface area contributed by atoms with Crippen LogP contribution in [0, 0.1) is 0 Å². The summed E-state index contributed by atoms with van der Waals surface area (Å²) in [5, 5.41) is 44.4. The maximum atomic E-state index is 10.8. The Balaban J connectivity index is 2.01. The first-order valence-electron chi connectivity index (χ1n) is 5.39. The molecule has 1 aromatic heterocycles. The third-order valence-corrected chi connectivity index (χ3v) is 3.13. The quantitative estimate of drug-likeness (QED) is 0.357. The lowest BCUT2D eigenvalue weighted by Crippen LogP contribution is -2.60. The van der Waals surface area contributed by atoms with Crippen molar-refractivity contribution in [3.8, 4) is 0 Å². The van der Waals surface area contributed by atoms with Gasteiger partial charge in [-0.2, -0.15) is 0 Å². The van der Waals surface area contributed by atoms with Gasteiger partial charge in [-0.15, -0.1) is 5.10 Å². The summed E-state index contributed by atoms with van der Waals surface area (Å²) in [4.78, 5) is 16.2. The van der Waals surface area contributed by atoms with E-state index >= 15 is 0 Å². The monoisotopic (exact) mass is 305 g/mol. The number of aromatic nitrogens is 2. The minimum Gasteiger partial charge on any atom is -0.479 e. The topological polar surface area (TPSA) is 155 Å². The van der Waals surface area contributed by atoms with Crippen molar-refractivity contribution in [2.45, 2.75) is 30.7 Å². The fourth-order valence-corrected chi connectivity index (χ4v) is 1.89. The number of nitrogens with zero attached hydrogens (tertiary/aromatic N) is 3. The lowest BCUT2D eigenvalue weighted by molar-refractivity contribution is -0.294. The van der Waals surface area contributed by atoms with Gasteiger partial charge >= 0.3 is 5.97 Å². The van der Waals surface area contributed by atoms with Crippen molar-refractivity contribution < 1.29 is 34.8 Å². The summed E-state index contributed by atoms with van der Waals surface area (Å²) < 4.78 is 8.41. The second-order valence-corrected chi connectivity index (χ2v) is 4.71. The van der Waals surface area contributed by atoms with Gasteiger partial charge in [0, 0.05) is 0 Å². The van der Waals surface area contributed by atoms with Crippen molar-refractivity contribution in [2.24, 2.45) is 5.16 Å². The molecule has 1 aromatic rings. The van der Waals surface area contributed by atoms with Crippen LogP contribution < -0.4 is 0 Å². The molecule has 0 aromatic carbocycles. The van der Waals surface area contributed by atoms with Crippen molar-refractivity contribution in [3.63, 3.8) is 0 Å². The molecule has 0 amide bonds. The Kier molecular flexibility index (Phi) is 4.57. The summed E-state index contributed by atoms with van der Waals surface area (Å²) in [6.07, 6.45) is -5.74. The molecule has 11 heteroatoms. The number of carboxylic acids is 1. The van der Waals surface area contributed by atoms with Gasteiger partial charge in [0.15, 0.2) is 6.10 Å². The molecule has 20 heavy (non-hydrogen) atoms. The highest BCUT2D eigenvalue weighted by Crippen LogP contribution is 2.22. The SMILES string of the molecule is O=C(O)[C@H]1O[C@@H](O/N=C/c2cnns2)[C@H](O)[C@@H](O)[C@@H]1O. The molecule has 1 aliphatic heterocycles. The Labute approximate surface area is 116 Å². The van der Waals surface area contributed by atoms with Crippen molar-refractivity contribution in [2.75, 3.05) is 0 Å². The van der Waals surface area contributed by atoms with E-state index in [0.717, 1.165) is 11.5 Å². The first-order valence-corrected chi connectivity index (χ1v) is 6.17. The molecule has 0 bridgehead atoms. The smallest absolute Gasteiger partial charge is 0.335 e. The average Bonchev–Trinajstić information content (AvgIpc) is 2.91. The van der Waals surface area contributed by atoms with Crippen LogP contribution in [-0.2, 0) is 14.4 Å². The van der Waals surface area contributed by atoms with E-state index in [-0.39, 0.29) is 0 Å². The van der Waals surface area contributed by atoms with E-state index < -0.39 is 36.7 Å². The molecule has 0 spiro atoms. The molecule has 2 heterocycles. The summed E-state index contributed by atoms with van der Waals surface area (Å²) >= 11 is 1.04. The molecule has 1 aliphatic rings. The van der Waals surface area contributed by atoms with Crippen molar-refractivity contribution in [1.29, 1.82) is 0 Å². The van der Waals surface area contributed by atoms with Crippen LogP contribution in [0.5, 0.6) is 0 Å². The number of carboxylic acid groups (broad SMARTS) is 1. The minimum absolute atomic E-state index is 0.561. The molecule has 1 saturated heterocycles. The number of rotatable bonds is 4. The molecule has 0 radical (unpaired) electrons. The standard InChI is InChI=1S/C9H11N3O7S/c13-4-5(14)7(8(16)17)18-9(6(4)15)19-11-2-3-1-10-12-20-3/h1-2,4-7,9,13-15H,(H,16,17)/b11-2+/t4-,5-,6+,7-,9-/m0/s1. The number of aliphatic hydroxyl groups is 3. The molecule has 5 atom stereocenters. The average molecular weight is 305 g/mol. The molecular weight excluding hydrogens is 294 g/mol. The maximum absolute atomic E-state index is 10.8. The van der Waals surface area contributed by atoms with Crippen LogP contribution in [-0.4, -0.2) is 72.9 Å². The van der Waals surface area contributed by atoms with Crippen LogP contribution in [0.4, 0.5) is 0 Å². The van der Waals surface area contributed by atoms with Crippen LogP contribution in [0.15, 0.2) is 11.4 Å². The summed E-state index contributed by atoms with van der Waals surface area (Å²) in [5.74, 6) is -1.49. The van der Waals surface area contributed by atoms with Gasteiger partial charge in [-0.1, -0.05) is 9.64 Å². The zero-order chi connectivity index (χ0) is 14.7. The summed E-state index contributed by atoms with van der Waals surface area (Å²) in [6.45, 7) is 0. The van der Waals surface area contributed by atoms with Crippen LogP contribution in [0.2, 0.25) is 0 Å². The fourth-order valence-electron chi connectivity index (χ4n) is 1.51. The molecule has 0 unspecified atom stereocenters. The van der Waals surface area contributed by atoms with Gasteiger partial charge in [0.25, 0.3) is 6.29 Å². The van der Waals surface area contributed by atoms with Crippen LogP contribution in [0.3, 0.4) is 0 Å². The normalized spacial score (nSPS) is 34.2. The first kappa shape index (κ1) is 14.7. The van der Waals surface area contributed by atoms with Gasteiger partial charge in [-0.05, 0) is 11.5 Å². The van der Waals surface area contributed by atoms with Crippen molar-refractivity contribution in [1.82, 2.24) is 9.59 Å². The van der Waals surface area contributed by atoms with Gasteiger partial charge in [0.1, 0.15) is 18.3 Å². The Morgan fingerprint density at radius 2 is 2.15 bits per heavy atom. The van der Waals surface area contributed by atoms with Crippen molar-refractivity contribution >= 4 is 23.7 Å². The number of oxime groups is 1. The van der Waals surface area contributed by atoms with Gasteiger partial charge in [0.05, 0.1) is 17.3 Å². The summed E-state index contributed by atoms with van der Waals surface area (Å²) in [7, 11) is 0. The molecular formula is C9H11N3O7S. The predicted octanol–water partition coefficient (Wildman–Crippen LogP) is -2.22. The maximum Gasteiger partial charge on any atom is 0.335 e. The van der Waals surface area contributed by atoms with E-state index in [1.54, 1.807) is 0 Å². The number of hydrogen-bond donors (Lipinski definition) is 4. The predicted molar refractivity (Wildman–Crippen MR) is 62.9 cm³/mol. The number of aliphatic carboxylic acids is 1.